The fraction of sp³-hybridized carbons (Fsp3) is 0.250. The number of hydrogen-bond acceptors (Lipinski definition) is 3. The quantitative estimate of drug-likeness (QED) is 0.480. The van der Waals surface area contributed by atoms with Crippen molar-refractivity contribution in [3.63, 3.8) is 0 Å². The van der Waals surface area contributed by atoms with E-state index in [1.807, 2.05) is 13.8 Å². The second kappa shape index (κ2) is 6.79. The van der Waals surface area contributed by atoms with Crippen LogP contribution in [-0.2, 0) is 7.05 Å². The number of aryl methyl sites for hydroxylation is 5. The molecule has 28 heavy (non-hydrogen) atoms. The third kappa shape index (κ3) is 3.26. The summed E-state index contributed by atoms with van der Waals surface area (Å²) >= 11 is 0. The molecule has 4 rings (SSSR count). The summed E-state index contributed by atoms with van der Waals surface area (Å²) in [6, 6.07) is 13.2. The molecule has 0 saturated heterocycles. The SMILES string of the molecule is Cc1cc(C)c(C)c(-c2cc3cc(-c4nc(C)nc(C)n4)ccc3c[n+]2C)c1. The van der Waals surface area contributed by atoms with Crippen LogP contribution in [0.3, 0.4) is 0 Å². The summed E-state index contributed by atoms with van der Waals surface area (Å²) in [5.41, 5.74) is 7.41. The van der Waals surface area contributed by atoms with Crippen molar-refractivity contribution >= 4 is 10.8 Å². The molecule has 0 aliphatic rings. The normalized spacial score (nSPS) is 11.2. The molecule has 0 spiro atoms. The minimum atomic E-state index is 0.726. The predicted octanol–water partition coefficient (Wildman–Crippen LogP) is 4.73. The summed E-state index contributed by atoms with van der Waals surface area (Å²) in [5, 5.41) is 2.37. The molecule has 0 unspecified atom stereocenters. The van der Waals surface area contributed by atoms with Crippen molar-refractivity contribution in [3.05, 3.63) is 70.9 Å². The van der Waals surface area contributed by atoms with Gasteiger partial charge in [-0.05, 0) is 69.3 Å². The molecule has 0 saturated carbocycles. The Morgan fingerprint density at radius 3 is 2.18 bits per heavy atom. The van der Waals surface area contributed by atoms with Gasteiger partial charge in [0.15, 0.2) is 12.0 Å². The van der Waals surface area contributed by atoms with Crippen molar-refractivity contribution in [2.75, 3.05) is 0 Å². The van der Waals surface area contributed by atoms with E-state index in [1.165, 1.54) is 38.7 Å². The van der Waals surface area contributed by atoms with Crippen LogP contribution in [-0.4, -0.2) is 15.0 Å². The van der Waals surface area contributed by atoms with E-state index >= 15 is 0 Å². The van der Waals surface area contributed by atoms with Gasteiger partial charge in [0.1, 0.15) is 18.7 Å². The van der Waals surface area contributed by atoms with E-state index in [9.17, 15) is 0 Å². The molecular formula is C24H25N4+. The van der Waals surface area contributed by atoms with E-state index in [0.29, 0.717) is 0 Å². The van der Waals surface area contributed by atoms with Crippen molar-refractivity contribution in [1.82, 2.24) is 15.0 Å². The van der Waals surface area contributed by atoms with Crippen LogP contribution in [0.1, 0.15) is 28.3 Å². The highest BCUT2D eigenvalue weighted by Crippen LogP contribution is 2.28. The number of rotatable bonds is 2. The van der Waals surface area contributed by atoms with Crippen LogP contribution in [0.15, 0.2) is 42.6 Å². The van der Waals surface area contributed by atoms with Crippen molar-refractivity contribution in [1.29, 1.82) is 0 Å². The van der Waals surface area contributed by atoms with E-state index in [4.69, 9.17) is 0 Å². The van der Waals surface area contributed by atoms with Crippen molar-refractivity contribution in [2.45, 2.75) is 34.6 Å². The first-order chi connectivity index (χ1) is 13.3. The maximum atomic E-state index is 4.52. The summed E-state index contributed by atoms with van der Waals surface area (Å²) in [6.45, 7) is 10.3. The average Bonchev–Trinajstić information content (AvgIpc) is 2.63. The Morgan fingerprint density at radius 2 is 1.46 bits per heavy atom. The van der Waals surface area contributed by atoms with E-state index in [2.05, 4.69) is 89.9 Å². The first-order valence-corrected chi connectivity index (χ1v) is 9.53. The minimum absolute atomic E-state index is 0.726. The summed E-state index contributed by atoms with van der Waals surface area (Å²) in [7, 11) is 2.11. The van der Waals surface area contributed by atoms with Gasteiger partial charge in [-0.25, -0.2) is 19.5 Å². The Bertz CT molecular complexity index is 1200. The van der Waals surface area contributed by atoms with Gasteiger partial charge in [0.25, 0.3) is 0 Å². The molecule has 0 aliphatic heterocycles. The first-order valence-electron chi connectivity index (χ1n) is 9.53. The lowest BCUT2D eigenvalue weighted by Crippen LogP contribution is -2.30. The van der Waals surface area contributed by atoms with Gasteiger partial charge in [-0.2, -0.15) is 0 Å². The van der Waals surface area contributed by atoms with Gasteiger partial charge >= 0.3 is 0 Å². The zero-order chi connectivity index (χ0) is 20.0. The van der Waals surface area contributed by atoms with Gasteiger partial charge < -0.3 is 0 Å². The molecule has 0 radical (unpaired) electrons. The van der Waals surface area contributed by atoms with Crippen LogP contribution < -0.4 is 4.57 Å². The summed E-state index contributed by atoms with van der Waals surface area (Å²) in [5.74, 6) is 2.21. The largest absolute Gasteiger partial charge is 0.219 e. The maximum Gasteiger partial charge on any atom is 0.213 e. The number of fused-ring (bicyclic) bond motifs is 1. The predicted molar refractivity (Wildman–Crippen MR) is 113 cm³/mol. The number of aromatic nitrogens is 4. The topological polar surface area (TPSA) is 42.6 Å². The van der Waals surface area contributed by atoms with Crippen LogP contribution >= 0.6 is 0 Å². The van der Waals surface area contributed by atoms with Crippen LogP contribution in [0.5, 0.6) is 0 Å². The molecule has 0 N–H and O–H groups in total. The standard InChI is InChI=1S/C24H25N4/c1-14-9-15(2)16(3)22(10-14)23-12-21-11-19(7-8-20(21)13-28(23)6)24-26-17(4)25-18(5)27-24/h7-13H,1-6H3/q+1. The van der Waals surface area contributed by atoms with Gasteiger partial charge in [0.2, 0.25) is 5.69 Å². The molecule has 0 fully saturated rings. The van der Waals surface area contributed by atoms with Crippen molar-refractivity contribution < 1.29 is 4.57 Å². The molecular weight excluding hydrogens is 344 g/mol. The maximum absolute atomic E-state index is 4.52. The highest BCUT2D eigenvalue weighted by molar-refractivity contribution is 5.87. The number of nitrogens with zero attached hydrogens (tertiary/aromatic N) is 4. The van der Waals surface area contributed by atoms with Crippen LogP contribution in [0, 0.1) is 34.6 Å². The third-order valence-corrected chi connectivity index (χ3v) is 5.30. The molecule has 2 heterocycles. The van der Waals surface area contributed by atoms with E-state index in [1.54, 1.807) is 0 Å². The van der Waals surface area contributed by atoms with Crippen molar-refractivity contribution in [2.24, 2.45) is 7.05 Å². The zero-order valence-electron chi connectivity index (χ0n) is 17.3. The Labute approximate surface area is 166 Å². The molecule has 0 amide bonds. The van der Waals surface area contributed by atoms with Gasteiger partial charge in [-0.1, -0.05) is 17.7 Å². The molecule has 0 bridgehead atoms. The molecule has 4 aromatic rings. The van der Waals surface area contributed by atoms with Gasteiger partial charge in [0.05, 0.1) is 0 Å². The number of pyridine rings is 1. The van der Waals surface area contributed by atoms with Gasteiger partial charge in [-0.15, -0.1) is 0 Å². The second-order valence-electron chi connectivity index (χ2n) is 7.62. The fourth-order valence-corrected chi connectivity index (χ4v) is 3.80. The van der Waals surface area contributed by atoms with E-state index in [0.717, 1.165) is 23.0 Å². The smallest absolute Gasteiger partial charge is 0.213 e. The fourth-order valence-electron chi connectivity index (χ4n) is 3.80. The Morgan fingerprint density at radius 1 is 0.750 bits per heavy atom. The second-order valence-corrected chi connectivity index (χ2v) is 7.62. The molecule has 140 valence electrons. The lowest BCUT2D eigenvalue weighted by atomic mass is 9.96. The van der Waals surface area contributed by atoms with Gasteiger partial charge in [-0.3, -0.25) is 0 Å². The van der Waals surface area contributed by atoms with Crippen molar-refractivity contribution in [3.8, 4) is 22.6 Å². The average molecular weight is 369 g/mol. The lowest BCUT2D eigenvalue weighted by molar-refractivity contribution is -0.659. The first kappa shape index (κ1) is 18.2. The lowest BCUT2D eigenvalue weighted by Gasteiger charge is -2.10. The molecule has 4 nitrogen and oxygen atoms in total. The minimum Gasteiger partial charge on any atom is -0.219 e. The summed E-state index contributed by atoms with van der Waals surface area (Å²) in [6.07, 6.45) is 2.19. The highest BCUT2D eigenvalue weighted by Gasteiger charge is 2.16. The Kier molecular flexibility index (Phi) is 4.42. The highest BCUT2D eigenvalue weighted by atomic mass is 15.0. The Hall–Kier alpha value is -3.14. The van der Waals surface area contributed by atoms with Crippen LogP contribution in [0.4, 0.5) is 0 Å². The monoisotopic (exact) mass is 369 g/mol. The molecule has 2 aromatic heterocycles. The van der Waals surface area contributed by atoms with Crippen LogP contribution in [0.2, 0.25) is 0 Å². The summed E-state index contributed by atoms with van der Waals surface area (Å²) in [4.78, 5) is 13.3. The number of benzene rings is 2. The third-order valence-electron chi connectivity index (χ3n) is 5.30. The molecule has 2 aromatic carbocycles. The number of hydrogen-bond donors (Lipinski definition) is 0. The zero-order valence-corrected chi connectivity index (χ0v) is 17.3. The molecule has 4 heteroatoms. The Balaban J connectivity index is 1.92. The molecule has 0 aliphatic carbocycles. The summed E-state index contributed by atoms with van der Waals surface area (Å²) < 4.78 is 2.21. The van der Waals surface area contributed by atoms with Crippen LogP contribution in [0.25, 0.3) is 33.4 Å². The van der Waals surface area contributed by atoms with E-state index in [-0.39, 0.29) is 0 Å². The van der Waals surface area contributed by atoms with Gasteiger partial charge in [0, 0.05) is 22.6 Å². The van der Waals surface area contributed by atoms with E-state index < -0.39 is 0 Å². The molecule has 0 atom stereocenters.